The maximum atomic E-state index is 10.6. The molecule has 0 unspecified atom stereocenters. The standard InChI is InChI=1S/C11H16IN3O2/c1-13-6-3-7-14(2)11-5-4-9(15(16)17)8-10(11)12/h4-5,8,13H,3,6-7H2,1-2H3. The van der Waals surface area contributed by atoms with E-state index in [2.05, 4.69) is 32.8 Å². The molecule has 0 aliphatic carbocycles. The van der Waals surface area contributed by atoms with Crippen molar-refractivity contribution in [1.82, 2.24) is 5.32 Å². The number of nitro groups is 1. The van der Waals surface area contributed by atoms with Gasteiger partial charge in [-0.1, -0.05) is 0 Å². The quantitative estimate of drug-likeness (QED) is 0.370. The first-order chi connectivity index (χ1) is 8.06. The summed E-state index contributed by atoms with van der Waals surface area (Å²) in [6.07, 6.45) is 1.04. The molecule has 0 aliphatic rings. The normalized spacial score (nSPS) is 10.3. The lowest BCUT2D eigenvalue weighted by Gasteiger charge is -2.20. The van der Waals surface area contributed by atoms with Gasteiger partial charge >= 0.3 is 0 Å². The third-order valence-corrected chi connectivity index (χ3v) is 3.34. The molecule has 0 aliphatic heterocycles. The maximum Gasteiger partial charge on any atom is 0.270 e. The molecule has 94 valence electrons. The molecule has 0 fully saturated rings. The van der Waals surface area contributed by atoms with Crippen LogP contribution in [0.2, 0.25) is 0 Å². The zero-order chi connectivity index (χ0) is 12.8. The second-order valence-corrected chi connectivity index (χ2v) is 4.93. The fraction of sp³-hybridized carbons (Fsp3) is 0.455. The van der Waals surface area contributed by atoms with Crippen LogP contribution < -0.4 is 10.2 Å². The lowest BCUT2D eigenvalue weighted by Crippen LogP contribution is -2.22. The average Bonchev–Trinajstić information content (AvgIpc) is 2.28. The third kappa shape index (κ3) is 4.12. The van der Waals surface area contributed by atoms with E-state index in [9.17, 15) is 10.1 Å². The number of nitrogens with one attached hydrogen (secondary N) is 1. The van der Waals surface area contributed by atoms with Gasteiger partial charge in [-0.05, 0) is 48.7 Å². The Balaban J connectivity index is 2.74. The van der Waals surface area contributed by atoms with Gasteiger partial charge in [0.25, 0.3) is 5.69 Å². The smallest absolute Gasteiger partial charge is 0.270 e. The monoisotopic (exact) mass is 349 g/mol. The van der Waals surface area contributed by atoms with E-state index in [0.717, 1.165) is 28.8 Å². The van der Waals surface area contributed by atoms with Crippen molar-refractivity contribution in [3.8, 4) is 0 Å². The molecule has 0 radical (unpaired) electrons. The molecular formula is C11H16IN3O2. The highest BCUT2D eigenvalue weighted by atomic mass is 127. The van der Waals surface area contributed by atoms with E-state index in [1.807, 2.05) is 14.1 Å². The zero-order valence-corrected chi connectivity index (χ0v) is 12.1. The minimum absolute atomic E-state index is 0.141. The van der Waals surface area contributed by atoms with E-state index in [1.165, 1.54) is 0 Å². The summed E-state index contributed by atoms with van der Waals surface area (Å²) in [6.45, 7) is 1.89. The van der Waals surface area contributed by atoms with Crippen molar-refractivity contribution in [3.63, 3.8) is 0 Å². The number of rotatable bonds is 6. The Morgan fingerprint density at radius 3 is 2.76 bits per heavy atom. The third-order valence-electron chi connectivity index (χ3n) is 2.47. The van der Waals surface area contributed by atoms with Crippen molar-refractivity contribution in [3.05, 3.63) is 31.9 Å². The Kier molecular flexibility index (Phi) is 5.63. The van der Waals surface area contributed by atoms with E-state index in [4.69, 9.17) is 0 Å². The van der Waals surface area contributed by atoms with Gasteiger partial charge in [-0.3, -0.25) is 10.1 Å². The summed E-state index contributed by atoms with van der Waals surface area (Å²) in [5.74, 6) is 0. The molecule has 5 nitrogen and oxygen atoms in total. The van der Waals surface area contributed by atoms with Crippen LogP contribution in [-0.4, -0.2) is 32.1 Å². The summed E-state index contributed by atoms with van der Waals surface area (Å²) in [4.78, 5) is 12.4. The van der Waals surface area contributed by atoms with Crippen LogP contribution in [0.15, 0.2) is 18.2 Å². The average molecular weight is 349 g/mol. The molecular weight excluding hydrogens is 333 g/mol. The molecule has 0 saturated carbocycles. The molecule has 1 N–H and O–H groups in total. The van der Waals surface area contributed by atoms with Crippen LogP contribution in [0, 0.1) is 13.7 Å². The Morgan fingerprint density at radius 1 is 1.53 bits per heavy atom. The first-order valence-corrected chi connectivity index (χ1v) is 6.44. The Morgan fingerprint density at radius 2 is 2.24 bits per heavy atom. The highest BCUT2D eigenvalue weighted by molar-refractivity contribution is 14.1. The number of nitrogens with zero attached hydrogens (tertiary/aromatic N) is 2. The van der Waals surface area contributed by atoms with Crippen molar-refractivity contribution in [1.29, 1.82) is 0 Å². The number of non-ortho nitro benzene ring substituents is 1. The van der Waals surface area contributed by atoms with Crippen LogP contribution in [0.3, 0.4) is 0 Å². The van der Waals surface area contributed by atoms with Gasteiger partial charge in [0.2, 0.25) is 0 Å². The minimum Gasteiger partial charge on any atom is -0.374 e. The summed E-state index contributed by atoms with van der Waals surface area (Å²) >= 11 is 2.13. The van der Waals surface area contributed by atoms with Crippen molar-refractivity contribution in [2.45, 2.75) is 6.42 Å². The summed E-state index contributed by atoms with van der Waals surface area (Å²) in [6, 6.07) is 4.95. The Labute approximate surface area is 114 Å². The zero-order valence-electron chi connectivity index (χ0n) is 9.94. The fourth-order valence-electron chi connectivity index (χ4n) is 1.53. The van der Waals surface area contributed by atoms with E-state index in [0.29, 0.717) is 0 Å². The molecule has 1 aromatic carbocycles. The maximum absolute atomic E-state index is 10.6. The lowest BCUT2D eigenvalue weighted by molar-refractivity contribution is -0.384. The molecule has 0 amide bonds. The van der Waals surface area contributed by atoms with Crippen molar-refractivity contribution >= 4 is 34.0 Å². The van der Waals surface area contributed by atoms with Gasteiger partial charge in [-0.2, -0.15) is 0 Å². The van der Waals surface area contributed by atoms with Gasteiger partial charge in [-0.15, -0.1) is 0 Å². The van der Waals surface area contributed by atoms with Crippen LogP contribution in [0.25, 0.3) is 0 Å². The van der Waals surface area contributed by atoms with Crippen molar-refractivity contribution in [2.75, 3.05) is 32.1 Å². The number of anilines is 1. The Bertz CT molecular complexity index is 398. The largest absolute Gasteiger partial charge is 0.374 e. The second-order valence-electron chi connectivity index (χ2n) is 3.77. The summed E-state index contributed by atoms with van der Waals surface area (Å²) < 4.78 is 0.906. The molecule has 0 aromatic heterocycles. The first kappa shape index (κ1) is 14.2. The number of hydrogen-bond donors (Lipinski definition) is 1. The molecule has 1 aromatic rings. The predicted octanol–water partition coefficient (Wildman–Crippen LogP) is 2.25. The first-order valence-electron chi connectivity index (χ1n) is 5.36. The summed E-state index contributed by atoms with van der Waals surface area (Å²) in [5.41, 5.74) is 1.18. The van der Waals surface area contributed by atoms with E-state index < -0.39 is 0 Å². The summed E-state index contributed by atoms with van der Waals surface area (Å²) in [7, 11) is 3.93. The highest BCUT2D eigenvalue weighted by Gasteiger charge is 2.11. The van der Waals surface area contributed by atoms with Crippen LogP contribution in [0.1, 0.15) is 6.42 Å². The van der Waals surface area contributed by atoms with Crippen LogP contribution in [0.5, 0.6) is 0 Å². The molecule has 0 atom stereocenters. The van der Waals surface area contributed by atoms with E-state index in [1.54, 1.807) is 18.2 Å². The molecule has 0 spiro atoms. The summed E-state index contributed by atoms with van der Waals surface area (Å²) in [5, 5.41) is 13.7. The van der Waals surface area contributed by atoms with Crippen molar-refractivity contribution < 1.29 is 4.92 Å². The minimum atomic E-state index is -0.368. The van der Waals surface area contributed by atoms with E-state index in [-0.39, 0.29) is 10.6 Å². The van der Waals surface area contributed by atoms with Crippen molar-refractivity contribution in [2.24, 2.45) is 0 Å². The van der Waals surface area contributed by atoms with Gasteiger partial charge in [0.15, 0.2) is 0 Å². The number of nitro benzene ring substituents is 1. The van der Waals surface area contributed by atoms with Crippen LogP contribution in [0.4, 0.5) is 11.4 Å². The number of hydrogen-bond acceptors (Lipinski definition) is 4. The molecule has 0 saturated heterocycles. The van der Waals surface area contributed by atoms with Gasteiger partial charge < -0.3 is 10.2 Å². The Hall–Kier alpha value is -0.890. The molecule has 1 rings (SSSR count). The topological polar surface area (TPSA) is 58.4 Å². The van der Waals surface area contributed by atoms with Gasteiger partial charge in [0.1, 0.15) is 0 Å². The van der Waals surface area contributed by atoms with Gasteiger partial charge in [0, 0.05) is 29.3 Å². The fourth-order valence-corrected chi connectivity index (χ4v) is 2.44. The SMILES string of the molecule is CNCCCN(C)c1ccc([N+](=O)[O-])cc1I. The lowest BCUT2D eigenvalue weighted by atomic mass is 10.2. The molecule has 0 bridgehead atoms. The molecule has 6 heteroatoms. The van der Waals surface area contributed by atoms with Crippen LogP contribution >= 0.6 is 22.6 Å². The highest BCUT2D eigenvalue weighted by Crippen LogP contribution is 2.26. The van der Waals surface area contributed by atoms with E-state index >= 15 is 0 Å². The predicted molar refractivity (Wildman–Crippen MR) is 77.6 cm³/mol. The number of halogens is 1. The molecule has 0 heterocycles. The van der Waals surface area contributed by atoms with Gasteiger partial charge in [0.05, 0.1) is 10.6 Å². The van der Waals surface area contributed by atoms with Gasteiger partial charge in [-0.25, -0.2) is 0 Å². The number of benzene rings is 1. The second kappa shape index (κ2) is 6.75. The molecule has 17 heavy (non-hydrogen) atoms. The van der Waals surface area contributed by atoms with Crippen LogP contribution in [-0.2, 0) is 0 Å².